The number of carbonyl (C=O) groups excluding carboxylic acids is 2. The quantitative estimate of drug-likeness (QED) is 0.490. The number of rotatable bonds is 6. The van der Waals surface area contributed by atoms with Gasteiger partial charge in [0.15, 0.2) is 0 Å². The van der Waals surface area contributed by atoms with E-state index in [1.165, 1.54) is 12.7 Å². The van der Waals surface area contributed by atoms with E-state index in [9.17, 15) is 9.59 Å². The number of hydrazine groups is 1. The zero-order valence-corrected chi connectivity index (χ0v) is 19.9. The first kappa shape index (κ1) is 23.3. The van der Waals surface area contributed by atoms with E-state index in [1.807, 2.05) is 31.5 Å². The minimum atomic E-state index is -0.527. The van der Waals surface area contributed by atoms with Crippen LogP contribution in [0.25, 0.3) is 5.69 Å². The van der Waals surface area contributed by atoms with Crippen LogP contribution in [0, 0.1) is 0 Å². The van der Waals surface area contributed by atoms with Crippen LogP contribution in [0.4, 0.5) is 4.79 Å². The lowest BCUT2D eigenvalue weighted by atomic mass is 9.81. The third-order valence-electron chi connectivity index (χ3n) is 6.21. The highest BCUT2D eigenvalue weighted by molar-refractivity contribution is 5.90. The van der Waals surface area contributed by atoms with Crippen LogP contribution >= 0.6 is 0 Å². The second-order valence-electron chi connectivity index (χ2n) is 10.0. The van der Waals surface area contributed by atoms with Crippen LogP contribution < -0.4 is 10.9 Å². The Bertz CT molecular complexity index is 1010. The summed E-state index contributed by atoms with van der Waals surface area (Å²) in [5.41, 5.74) is 9.03. The summed E-state index contributed by atoms with van der Waals surface area (Å²) in [5.74, 6) is 0.391. The first-order valence-electron chi connectivity index (χ1n) is 11.8. The van der Waals surface area contributed by atoms with Gasteiger partial charge in [-0.25, -0.2) is 19.7 Å². The molecule has 1 amide bonds. The molecule has 1 aromatic heterocycles. The molecule has 2 aromatic rings. The molecule has 1 aromatic carbocycles. The van der Waals surface area contributed by atoms with Gasteiger partial charge < -0.3 is 9.47 Å². The standard InChI is InChI=1S/C25H34N4O4/c1-25(2,3)33-24(31)28-27-19-9-5-7-17(13-19)18-8-6-10-20(14-18)29-22(16-11-12-16)21(15-26-29)23(30)32-4/h6,8,10,14-17,19,27H,5,7,9,11-13H2,1-4H3,(H,28,31)/t17?,19-/m1/s1. The monoisotopic (exact) mass is 454 g/mol. The largest absolute Gasteiger partial charge is 0.465 e. The fourth-order valence-electron chi connectivity index (χ4n) is 4.58. The number of nitrogens with zero attached hydrogens (tertiary/aromatic N) is 2. The molecule has 0 spiro atoms. The number of nitrogens with one attached hydrogen (secondary N) is 2. The van der Waals surface area contributed by atoms with Crippen molar-refractivity contribution in [1.29, 1.82) is 0 Å². The van der Waals surface area contributed by atoms with E-state index >= 15 is 0 Å². The van der Waals surface area contributed by atoms with Gasteiger partial charge in [-0.1, -0.05) is 18.6 Å². The number of benzene rings is 1. The molecule has 0 aliphatic heterocycles. The van der Waals surface area contributed by atoms with Crippen molar-refractivity contribution in [2.24, 2.45) is 0 Å². The smallest absolute Gasteiger partial charge is 0.422 e. The zero-order chi connectivity index (χ0) is 23.6. The maximum absolute atomic E-state index is 12.2. The summed E-state index contributed by atoms with van der Waals surface area (Å²) in [4.78, 5) is 24.2. The van der Waals surface area contributed by atoms with E-state index < -0.39 is 11.7 Å². The van der Waals surface area contributed by atoms with E-state index in [-0.39, 0.29) is 12.0 Å². The molecule has 2 aliphatic rings. The second kappa shape index (κ2) is 9.55. The summed E-state index contributed by atoms with van der Waals surface area (Å²) in [5, 5.41) is 4.54. The highest BCUT2D eigenvalue weighted by atomic mass is 16.6. The fourth-order valence-corrected chi connectivity index (χ4v) is 4.58. The number of amides is 1. The van der Waals surface area contributed by atoms with E-state index in [0.717, 1.165) is 49.9 Å². The number of methoxy groups -OCH3 is 1. The molecule has 4 rings (SSSR count). The normalized spacial score (nSPS) is 20.8. The van der Waals surface area contributed by atoms with Crippen molar-refractivity contribution in [2.45, 2.75) is 82.8 Å². The van der Waals surface area contributed by atoms with E-state index in [4.69, 9.17) is 9.47 Å². The van der Waals surface area contributed by atoms with Crippen molar-refractivity contribution in [3.63, 3.8) is 0 Å². The maximum Gasteiger partial charge on any atom is 0.422 e. The summed E-state index contributed by atoms with van der Waals surface area (Å²) in [7, 11) is 1.40. The van der Waals surface area contributed by atoms with E-state index in [0.29, 0.717) is 17.4 Å². The van der Waals surface area contributed by atoms with Crippen LogP contribution in [0.1, 0.15) is 92.7 Å². The van der Waals surface area contributed by atoms with Gasteiger partial charge in [0.05, 0.1) is 24.7 Å². The van der Waals surface area contributed by atoms with Crippen molar-refractivity contribution < 1.29 is 19.1 Å². The third kappa shape index (κ3) is 5.74. The van der Waals surface area contributed by atoms with Crippen LogP contribution in [0.5, 0.6) is 0 Å². The minimum Gasteiger partial charge on any atom is -0.465 e. The number of aromatic nitrogens is 2. The Labute approximate surface area is 195 Å². The van der Waals surface area contributed by atoms with E-state index in [1.54, 1.807) is 6.20 Å². The molecule has 8 nitrogen and oxygen atoms in total. The maximum atomic E-state index is 12.2. The molecular formula is C25H34N4O4. The van der Waals surface area contributed by atoms with Crippen LogP contribution in [0.3, 0.4) is 0 Å². The lowest BCUT2D eigenvalue weighted by Gasteiger charge is -2.30. The Morgan fingerprint density at radius 1 is 1.12 bits per heavy atom. The number of esters is 1. The van der Waals surface area contributed by atoms with Gasteiger partial charge in [0.1, 0.15) is 11.2 Å². The number of ether oxygens (including phenoxy) is 2. The molecule has 0 radical (unpaired) electrons. The predicted octanol–water partition coefficient (Wildman–Crippen LogP) is 4.59. The number of carbonyl (C=O) groups is 2. The fraction of sp³-hybridized carbons (Fsp3) is 0.560. The molecule has 2 fully saturated rings. The Hall–Kier alpha value is -2.87. The first-order chi connectivity index (χ1) is 15.7. The van der Waals surface area contributed by atoms with Gasteiger partial charge in [-0.05, 0) is 76.5 Å². The van der Waals surface area contributed by atoms with Gasteiger partial charge in [-0.3, -0.25) is 5.43 Å². The molecule has 1 heterocycles. The molecule has 1 unspecified atom stereocenters. The second-order valence-corrected chi connectivity index (χ2v) is 10.0. The zero-order valence-electron chi connectivity index (χ0n) is 19.9. The third-order valence-corrected chi connectivity index (χ3v) is 6.21. The average Bonchev–Trinajstić information content (AvgIpc) is 3.54. The molecule has 2 aliphatic carbocycles. The van der Waals surface area contributed by atoms with Gasteiger partial charge in [0.25, 0.3) is 0 Å². The molecular weight excluding hydrogens is 420 g/mol. The molecule has 2 N–H and O–H groups in total. The summed E-state index contributed by atoms with van der Waals surface area (Å²) in [6.45, 7) is 5.54. The highest BCUT2D eigenvalue weighted by Crippen LogP contribution is 2.43. The van der Waals surface area contributed by atoms with Gasteiger partial charge >= 0.3 is 12.1 Å². The molecule has 2 atom stereocenters. The molecule has 0 saturated heterocycles. The van der Waals surface area contributed by atoms with Gasteiger partial charge in [-0.2, -0.15) is 5.10 Å². The Balaban J connectivity index is 1.47. The molecule has 33 heavy (non-hydrogen) atoms. The lowest BCUT2D eigenvalue weighted by Crippen LogP contribution is -2.47. The lowest BCUT2D eigenvalue weighted by molar-refractivity contribution is 0.0480. The van der Waals surface area contributed by atoms with Crippen molar-refractivity contribution in [1.82, 2.24) is 20.6 Å². The van der Waals surface area contributed by atoms with Crippen LogP contribution in [-0.4, -0.2) is 40.6 Å². The predicted molar refractivity (Wildman–Crippen MR) is 124 cm³/mol. The Kier molecular flexibility index (Phi) is 6.74. The summed E-state index contributed by atoms with van der Waals surface area (Å²) < 4.78 is 12.2. The van der Waals surface area contributed by atoms with Crippen LogP contribution in [0.2, 0.25) is 0 Å². The minimum absolute atomic E-state index is 0.178. The number of hydrogen-bond donors (Lipinski definition) is 2. The molecule has 0 bridgehead atoms. The Morgan fingerprint density at radius 2 is 1.91 bits per heavy atom. The van der Waals surface area contributed by atoms with Gasteiger partial charge in [0, 0.05) is 12.0 Å². The Morgan fingerprint density at radius 3 is 2.61 bits per heavy atom. The van der Waals surface area contributed by atoms with Crippen molar-refractivity contribution >= 4 is 12.1 Å². The number of hydrogen-bond acceptors (Lipinski definition) is 6. The van der Waals surface area contributed by atoms with Crippen molar-refractivity contribution in [2.75, 3.05) is 7.11 Å². The topological polar surface area (TPSA) is 94.5 Å². The first-order valence-corrected chi connectivity index (χ1v) is 11.8. The summed E-state index contributed by atoms with van der Waals surface area (Å²) in [6.07, 6.45) is 7.38. The van der Waals surface area contributed by atoms with Gasteiger partial charge in [-0.15, -0.1) is 0 Å². The molecule has 8 heteroatoms. The summed E-state index contributed by atoms with van der Waals surface area (Å²) in [6, 6.07) is 8.59. The van der Waals surface area contributed by atoms with Crippen LogP contribution in [-0.2, 0) is 9.47 Å². The molecule has 178 valence electrons. The summed E-state index contributed by atoms with van der Waals surface area (Å²) >= 11 is 0. The van der Waals surface area contributed by atoms with E-state index in [2.05, 4.69) is 34.1 Å². The highest BCUT2D eigenvalue weighted by Gasteiger charge is 2.33. The molecule has 2 saturated carbocycles. The average molecular weight is 455 g/mol. The van der Waals surface area contributed by atoms with Crippen molar-refractivity contribution in [3.8, 4) is 5.69 Å². The van der Waals surface area contributed by atoms with Crippen molar-refractivity contribution in [3.05, 3.63) is 47.3 Å². The van der Waals surface area contributed by atoms with Crippen LogP contribution in [0.15, 0.2) is 30.5 Å². The van der Waals surface area contributed by atoms with Gasteiger partial charge in [0.2, 0.25) is 0 Å². The SMILES string of the molecule is COC(=O)c1cnn(-c2cccc(C3CCC[C@@H](NNC(=O)OC(C)(C)C)C3)c2)c1C1CC1.